The van der Waals surface area contributed by atoms with Crippen LogP contribution in [0.1, 0.15) is 0 Å². The molecule has 0 radical (unpaired) electrons. The van der Waals surface area contributed by atoms with Crippen LogP contribution in [0, 0.1) is 0 Å². The first-order valence-electron chi connectivity index (χ1n) is 7.14. The maximum Gasteiger partial charge on any atom is 0.336 e. The number of hydrogen-bond acceptors (Lipinski definition) is 9. The molecule has 10 nitrogen and oxygen atoms in total. The highest BCUT2D eigenvalue weighted by atomic mass is 16.7. The summed E-state index contributed by atoms with van der Waals surface area (Å²) in [6.45, 7) is 0. The van der Waals surface area contributed by atoms with Gasteiger partial charge in [0.05, 0.1) is 0 Å². The summed E-state index contributed by atoms with van der Waals surface area (Å²) in [5.74, 6) is -2.24. The van der Waals surface area contributed by atoms with Crippen molar-refractivity contribution < 1.29 is 44.2 Å². The second-order valence-electron chi connectivity index (χ2n) is 5.47. The highest BCUT2D eigenvalue weighted by Crippen LogP contribution is 2.33. The van der Waals surface area contributed by atoms with Gasteiger partial charge in [-0.25, -0.2) is 9.59 Å². The highest BCUT2D eigenvalue weighted by molar-refractivity contribution is 5.80. The average Bonchev–Trinajstić information content (AvgIpc) is 2.55. The number of carboxylic acids is 1. The molecule has 25 heavy (non-hydrogen) atoms. The minimum absolute atomic E-state index is 0.0846. The van der Waals surface area contributed by atoms with Gasteiger partial charge in [-0.05, 0) is 12.1 Å². The summed E-state index contributed by atoms with van der Waals surface area (Å²) in [6, 6.07) is 4.93. The summed E-state index contributed by atoms with van der Waals surface area (Å²) in [7, 11) is 0. The van der Waals surface area contributed by atoms with Crippen molar-refractivity contribution in [2.24, 2.45) is 0 Å². The van der Waals surface area contributed by atoms with Crippen LogP contribution in [0.15, 0.2) is 33.5 Å². The number of rotatable bonds is 3. The van der Waals surface area contributed by atoms with E-state index in [4.69, 9.17) is 19.0 Å². The molecule has 1 fully saturated rings. The van der Waals surface area contributed by atoms with E-state index in [-0.39, 0.29) is 11.3 Å². The molecule has 0 saturated carbocycles. The largest absolute Gasteiger partial charge is 0.504 e. The van der Waals surface area contributed by atoms with E-state index in [1.165, 1.54) is 12.1 Å². The number of hydrogen-bond donors (Lipinski definition) is 5. The monoisotopic (exact) mass is 354 g/mol. The van der Waals surface area contributed by atoms with E-state index < -0.39 is 48.1 Å². The average molecular weight is 354 g/mol. The van der Waals surface area contributed by atoms with Gasteiger partial charge in [-0.1, -0.05) is 0 Å². The van der Waals surface area contributed by atoms with Crippen LogP contribution >= 0.6 is 0 Å². The lowest BCUT2D eigenvalue weighted by Crippen LogP contribution is -2.61. The number of carboxylic acid groups (broad SMARTS) is 1. The van der Waals surface area contributed by atoms with Crippen LogP contribution in [0.2, 0.25) is 0 Å². The topological polar surface area (TPSA) is 167 Å². The Hall–Kier alpha value is -2.66. The number of aromatic hydroxyl groups is 1. The molecule has 2 heterocycles. The molecule has 2 aromatic rings. The Kier molecular flexibility index (Phi) is 4.35. The molecule has 5 N–H and O–H groups in total. The number of carbonyl (C=O) groups is 1. The number of phenolic OH excluding ortho intramolecular Hbond substituents is 1. The number of aliphatic carboxylic acids is 1. The molecule has 1 aliphatic rings. The van der Waals surface area contributed by atoms with Crippen molar-refractivity contribution in [2.75, 3.05) is 0 Å². The van der Waals surface area contributed by atoms with Crippen molar-refractivity contribution in [2.45, 2.75) is 30.7 Å². The number of fused-ring (bicyclic) bond motifs is 1. The zero-order valence-electron chi connectivity index (χ0n) is 12.5. The number of aliphatic hydroxyl groups is 3. The number of aliphatic hydroxyl groups excluding tert-OH is 3. The number of benzene rings is 1. The lowest BCUT2D eigenvalue weighted by atomic mass is 9.99. The first kappa shape index (κ1) is 17.2. The zero-order valence-corrected chi connectivity index (χ0v) is 12.5. The summed E-state index contributed by atoms with van der Waals surface area (Å²) in [5, 5.41) is 48.6. The summed E-state index contributed by atoms with van der Waals surface area (Å²) in [6.07, 6.45) is -8.95. The zero-order chi connectivity index (χ0) is 18.3. The molecular formula is C15H14O10. The second-order valence-corrected chi connectivity index (χ2v) is 5.47. The van der Waals surface area contributed by atoms with Crippen molar-refractivity contribution >= 4 is 16.9 Å². The van der Waals surface area contributed by atoms with Crippen molar-refractivity contribution in [3.63, 3.8) is 0 Å². The Morgan fingerprint density at radius 2 is 1.80 bits per heavy atom. The Morgan fingerprint density at radius 3 is 2.48 bits per heavy atom. The van der Waals surface area contributed by atoms with E-state index in [2.05, 4.69) is 0 Å². The van der Waals surface area contributed by atoms with Gasteiger partial charge in [-0.15, -0.1) is 0 Å². The van der Waals surface area contributed by atoms with Gasteiger partial charge in [0.25, 0.3) is 0 Å². The van der Waals surface area contributed by atoms with Gasteiger partial charge in [0.15, 0.2) is 17.6 Å². The summed E-state index contributed by atoms with van der Waals surface area (Å²) < 4.78 is 15.1. The Labute approximate surface area is 139 Å². The molecule has 0 bridgehead atoms. The molecule has 1 aromatic carbocycles. The van der Waals surface area contributed by atoms with Gasteiger partial charge < -0.3 is 39.4 Å². The Balaban J connectivity index is 1.91. The third kappa shape index (κ3) is 3.15. The quantitative estimate of drug-likeness (QED) is 0.421. The summed E-state index contributed by atoms with van der Waals surface area (Å²) in [5.41, 5.74) is -0.533. The third-order valence-electron chi connectivity index (χ3n) is 3.76. The van der Waals surface area contributed by atoms with Gasteiger partial charge in [0.1, 0.15) is 23.9 Å². The minimum Gasteiger partial charge on any atom is -0.504 e. The van der Waals surface area contributed by atoms with Crippen molar-refractivity contribution in [1.29, 1.82) is 0 Å². The molecule has 134 valence electrons. The van der Waals surface area contributed by atoms with Gasteiger partial charge >= 0.3 is 11.6 Å². The summed E-state index contributed by atoms with van der Waals surface area (Å²) in [4.78, 5) is 22.2. The molecule has 1 aliphatic heterocycles. The van der Waals surface area contributed by atoms with Crippen LogP contribution in [0.4, 0.5) is 0 Å². The molecule has 0 amide bonds. The fourth-order valence-electron chi connectivity index (χ4n) is 2.45. The van der Waals surface area contributed by atoms with Crippen LogP contribution in [0.3, 0.4) is 0 Å². The molecule has 10 heteroatoms. The lowest BCUT2D eigenvalue weighted by molar-refractivity contribution is -0.271. The third-order valence-corrected chi connectivity index (χ3v) is 3.76. The van der Waals surface area contributed by atoms with Crippen LogP contribution in [-0.2, 0) is 9.53 Å². The Bertz CT molecular complexity index is 859. The number of phenols is 1. The second kappa shape index (κ2) is 6.33. The van der Waals surface area contributed by atoms with Crippen molar-refractivity contribution in [1.82, 2.24) is 0 Å². The normalized spacial score (nSPS) is 29.5. The first-order valence-corrected chi connectivity index (χ1v) is 7.14. The SMILES string of the molecule is O=C(O)[C@H]1OC(Oc2cc3ccc(=O)oc3cc2O)[C@H](O)[C@@H](O)[C@@H]1O. The highest BCUT2D eigenvalue weighted by Gasteiger charge is 2.48. The predicted molar refractivity (Wildman–Crippen MR) is 79.1 cm³/mol. The van der Waals surface area contributed by atoms with E-state index in [0.29, 0.717) is 5.39 Å². The summed E-state index contributed by atoms with van der Waals surface area (Å²) >= 11 is 0. The molecule has 1 aromatic heterocycles. The lowest BCUT2D eigenvalue weighted by Gasteiger charge is -2.38. The molecule has 0 aliphatic carbocycles. The van der Waals surface area contributed by atoms with Crippen LogP contribution in [0.5, 0.6) is 11.5 Å². The molecular weight excluding hydrogens is 340 g/mol. The van der Waals surface area contributed by atoms with Crippen LogP contribution < -0.4 is 10.4 Å². The van der Waals surface area contributed by atoms with E-state index in [1.54, 1.807) is 0 Å². The molecule has 1 saturated heterocycles. The van der Waals surface area contributed by atoms with Gasteiger partial charge in [-0.2, -0.15) is 0 Å². The van der Waals surface area contributed by atoms with Gasteiger partial charge in [-0.3, -0.25) is 0 Å². The Morgan fingerprint density at radius 1 is 1.08 bits per heavy atom. The maximum absolute atomic E-state index is 11.2. The maximum atomic E-state index is 11.2. The van der Waals surface area contributed by atoms with Gasteiger partial charge in [0.2, 0.25) is 6.29 Å². The van der Waals surface area contributed by atoms with Crippen LogP contribution in [0.25, 0.3) is 11.0 Å². The van der Waals surface area contributed by atoms with E-state index >= 15 is 0 Å². The molecule has 3 rings (SSSR count). The molecule has 5 atom stereocenters. The fourth-order valence-corrected chi connectivity index (χ4v) is 2.45. The predicted octanol–water partition coefficient (Wildman–Crippen LogP) is -1.23. The molecule has 0 spiro atoms. The van der Waals surface area contributed by atoms with E-state index in [1.807, 2.05) is 0 Å². The minimum atomic E-state index is -1.85. The fraction of sp³-hybridized carbons (Fsp3) is 0.333. The van der Waals surface area contributed by atoms with E-state index in [9.17, 15) is 30.0 Å². The van der Waals surface area contributed by atoms with Crippen molar-refractivity contribution in [3.8, 4) is 11.5 Å². The van der Waals surface area contributed by atoms with Gasteiger partial charge in [0, 0.05) is 17.5 Å². The number of ether oxygens (including phenoxy) is 2. The first-order chi connectivity index (χ1) is 11.8. The standard InChI is InChI=1S/C15H14O10/c16-6-4-7-5(1-2-9(17)23-7)3-8(6)24-15-12(20)10(18)11(19)13(25-15)14(21)22/h1-4,10-13,15-16,18-20H,(H,21,22)/t10-,11-,12+,13-,15?/m0/s1. The molecule has 1 unspecified atom stereocenters. The van der Waals surface area contributed by atoms with E-state index in [0.717, 1.165) is 12.1 Å². The van der Waals surface area contributed by atoms with Crippen LogP contribution in [-0.4, -0.2) is 62.2 Å². The smallest absolute Gasteiger partial charge is 0.336 e. The van der Waals surface area contributed by atoms with Crippen molar-refractivity contribution in [3.05, 3.63) is 34.7 Å².